The maximum atomic E-state index is 12.5. The first-order chi connectivity index (χ1) is 13.6. The lowest BCUT2D eigenvalue weighted by molar-refractivity contribution is -0.115. The fraction of sp³-hybridized carbons (Fsp3) is 0.250. The first-order valence-corrected chi connectivity index (χ1v) is 10.0. The first-order valence-electron chi connectivity index (χ1n) is 9.01. The summed E-state index contributed by atoms with van der Waals surface area (Å²) in [6.45, 7) is 4.51. The van der Waals surface area contributed by atoms with Gasteiger partial charge in [-0.15, -0.1) is 10.2 Å². The number of carbonyl (C=O) groups is 2. The van der Waals surface area contributed by atoms with Crippen molar-refractivity contribution in [3.05, 3.63) is 54.4 Å². The number of amides is 1. The van der Waals surface area contributed by atoms with E-state index in [0.717, 1.165) is 11.4 Å². The van der Waals surface area contributed by atoms with E-state index in [2.05, 4.69) is 20.5 Å². The number of aromatic nitrogens is 4. The maximum absolute atomic E-state index is 12.5. The molecule has 8 heteroatoms. The van der Waals surface area contributed by atoms with Gasteiger partial charge in [0, 0.05) is 42.2 Å². The summed E-state index contributed by atoms with van der Waals surface area (Å²) in [5.74, 6) is 0.957. The molecule has 0 fully saturated rings. The predicted molar refractivity (Wildman–Crippen MR) is 109 cm³/mol. The Labute approximate surface area is 167 Å². The number of carbonyl (C=O) groups excluding carboxylic acids is 2. The molecule has 0 aliphatic carbocycles. The van der Waals surface area contributed by atoms with Crippen LogP contribution in [0.5, 0.6) is 0 Å². The van der Waals surface area contributed by atoms with Crippen LogP contribution in [0.4, 0.5) is 5.69 Å². The molecule has 0 radical (unpaired) electrons. The lowest BCUT2D eigenvalue weighted by atomic mass is 10.1. The Morgan fingerprint density at radius 2 is 1.75 bits per heavy atom. The number of rotatable bonds is 8. The summed E-state index contributed by atoms with van der Waals surface area (Å²) in [4.78, 5) is 28.0. The summed E-state index contributed by atoms with van der Waals surface area (Å²) in [6.07, 6.45) is 3.84. The first kappa shape index (κ1) is 19.8. The molecule has 0 bridgehead atoms. The highest BCUT2D eigenvalue weighted by molar-refractivity contribution is 7.99. The molecule has 0 atom stereocenters. The third kappa shape index (κ3) is 4.64. The Morgan fingerprint density at radius 3 is 2.39 bits per heavy atom. The third-order valence-corrected chi connectivity index (χ3v) is 5.08. The van der Waals surface area contributed by atoms with Crippen LogP contribution in [0, 0.1) is 0 Å². The van der Waals surface area contributed by atoms with Crippen LogP contribution >= 0.6 is 11.8 Å². The standard InChI is InChI=1S/C20H21N5O2S/c1-3-18(27)22-16-7-5-14(6-8-16)17(26)13-28-20-24-23-19(25(20)4-2)15-9-11-21-12-10-15/h5-12H,3-4,13H2,1-2H3,(H,22,27). The Morgan fingerprint density at radius 1 is 1.04 bits per heavy atom. The van der Waals surface area contributed by atoms with Crippen molar-refractivity contribution in [2.75, 3.05) is 11.1 Å². The van der Waals surface area contributed by atoms with Crippen LogP contribution in [0.15, 0.2) is 53.9 Å². The zero-order valence-corrected chi connectivity index (χ0v) is 16.6. The van der Waals surface area contributed by atoms with Crippen molar-refractivity contribution in [1.82, 2.24) is 19.7 Å². The van der Waals surface area contributed by atoms with E-state index in [1.54, 1.807) is 43.6 Å². The number of ketones is 1. The van der Waals surface area contributed by atoms with Crippen LogP contribution in [-0.4, -0.2) is 37.2 Å². The van der Waals surface area contributed by atoms with E-state index in [-0.39, 0.29) is 17.4 Å². The van der Waals surface area contributed by atoms with Crippen LogP contribution in [0.1, 0.15) is 30.6 Å². The molecule has 0 saturated heterocycles. The maximum Gasteiger partial charge on any atom is 0.224 e. The van der Waals surface area contributed by atoms with Crippen LogP contribution in [0.25, 0.3) is 11.4 Å². The van der Waals surface area contributed by atoms with Crippen molar-refractivity contribution in [2.24, 2.45) is 0 Å². The van der Waals surface area contributed by atoms with Gasteiger partial charge in [-0.25, -0.2) is 0 Å². The zero-order chi connectivity index (χ0) is 19.9. The quantitative estimate of drug-likeness (QED) is 0.462. The fourth-order valence-electron chi connectivity index (χ4n) is 2.60. The summed E-state index contributed by atoms with van der Waals surface area (Å²) in [7, 11) is 0. The van der Waals surface area contributed by atoms with Crippen LogP contribution in [0.2, 0.25) is 0 Å². The lowest BCUT2D eigenvalue weighted by Gasteiger charge is -2.07. The Kier molecular flexibility index (Phi) is 6.54. The normalized spacial score (nSPS) is 10.6. The fourth-order valence-corrected chi connectivity index (χ4v) is 3.49. The van der Waals surface area contributed by atoms with Gasteiger partial charge in [0.15, 0.2) is 16.8 Å². The largest absolute Gasteiger partial charge is 0.326 e. The molecule has 0 spiro atoms. The molecule has 0 aliphatic rings. The van der Waals surface area contributed by atoms with Gasteiger partial charge in [0.25, 0.3) is 0 Å². The van der Waals surface area contributed by atoms with E-state index in [9.17, 15) is 9.59 Å². The van der Waals surface area contributed by atoms with E-state index >= 15 is 0 Å². The van der Waals surface area contributed by atoms with Gasteiger partial charge >= 0.3 is 0 Å². The van der Waals surface area contributed by atoms with E-state index in [0.29, 0.717) is 29.4 Å². The molecule has 1 aromatic carbocycles. The van der Waals surface area contributed by atoms with Crippen molar-refractivity contribution in [2.45, 2.75) is 32.0 Å². The van der Waals surface area contributed by atoms with E-state index in [1.165, 1.54) is 11.8 Å². The van der Waals surface area contributed by atoms with Gasteiger partial charge in [0.1, 0.15) is 0 Å². The van der Waals surface area contributed by atoms with Gasteiger partial charge in [-0.3, -0.25) is 14.6 Å². The smallest absolute Gasteiger partial charge is 0.224 e. The zero-order valence-electron chi connectivity index (χ0n) is 15.8. The van der Waals surface area contributed by atoms with Gasteiger partial charge in [-0.1, -0.05) is 18.7 Å². The summed E-state index contributed by atoms with van der Waals surface area (Å²) >= 11 is 1.36. The third-order valence-electron chi connectivity index (χ3n) is 4.12. The monoisotopic (exact) mass is 395 g/mol. The van der Waals surface area contributed by atoms with Crippen LogP contribution in [0.3, 0.4) is 0 Å². The molecule has 7 nitrogen and oxygen atoms in total. The SMILES string of the molecule is CCC(=O)Nc1ccc(C(=O)CSc2nnc(-c3ccncc3)n2CC)cc1. The Bertz CT molecular complexity index is 954. The number of nitrogens with zero attached hydrogens (tertiary/aromatic N) is 4. The second-order valence-electron chi connectivity index (χ2n) is 5.98. The van der Waals surface area contributed by atoms with Gasteiger partial charge in [0.05, 0.1) is 5.75 Å². The number of benzene rings is 1. The summed E-state index contributed by atoms with van der Waals surface area (Å²) in [5.41, 5.74) is 2.22. The molecule has 144 valence electrons. The molecule has 0 saturated carbocycles. The van der Waals surface area contributed by atoms with Gasteiger partial charge < -0.3 is 9.88 Å². The van der Waals surface area contributed by atoms with Crippen molar-refractivity contribution in [3.63, 3.8) is 0 Å². The molecule has 2 heterocycles. The van der Waals surface area contributed by atoms with Crippen LogP contribution < -0.4 is 5.32 Å². The predicted octanol–water partition coefficient (Wildman–Crippen LogP) is 3.68. The highest BCUT2D eigenvalue weighted by Gasteiger charge is 2.15. The highest BCUT2D eigenvalue weighted by Crippen LogP contribution is 2.24. The van der Waals surface area contributed by atoms with Crippen molar-refractivity contribution < 1.29 is 9.59 Å². The minimum absolute atomic E-state index is 0.00511. The van der Waals surface area contributed by atoms with E-state index < -0.39 is 0 Å². The topological polar surface area (TPSA) is 89.8 Å². The van der Waals surface area contributed by atoms with Gasteiger partial charge in [-0.2, -0.15) is 0 Å². The lowest BCUT2D eigenvalue weighted by Crippen LogP contribution is -2.10. The molecular formula is C20H21N5O2S. The van der Waals surface area contributed by atoms with E-state index in [4.69, 9.17) is 0 Å². The molecular weight excluding hydrogens is 374 g/mol. The number of hydrogen-bond donors (Lipinski definition) is 1. The Balaban J connectivity index is 1.66. The minimum Gasteiger partial charge on any atom is -0.326 e. The van der Waals surface area contributed by atoms with Gasteiger partial charge in [0.2, 0.25) is 5.91 Å². The molecule has 3 rings (SSSR count). The molecule has 1 N–H and O–H groups in total. The molecule has 3 aromatic rings. The Hall–Kier alpha value is -3.00. The summed E-state index contributed by atoms with van der Waals surface area (Å²) in [5, 5.41) is 12.0. The van der Waals surface area contributed by atoms with Crippen molar-refractivity contribution in [3.8, 4) is 11.4 Å². The number of anilines is 1. The highest BCUT2D eigenvalue weighted by atomic mass is 32.2. The number of thioether (sulfide) groups is 1. The molecule has 1 amide bonds. The number of hydrogen-bond acceptors (Lipinski definition) is 6. The van der Waals surface area contributed by atoms with Crippen molar-refractivity contribution >= 4 is 29.1 Å². The average molecular weight is 395 g/mol. The number of Topliss-reactive ketones (excluding diaryl/α,β-unsaturated/α-hetero) is 1. The molecule has 2 aromatic heterocycles. The number of pyridine rings is 1. The van der Waals surface area contributed by atoms with Crippen LogP contribution in [-0.2, 0) is 11.3 Å². The summed E-state index contributed by atoms with van der Waals surface area (Å²) in [6, 6.07) is 10.7. The molecule has 0 aliphatic heterocycles. The molecule has 28 heavy (non-hydrogen) atoms. The summed E-state index contributed by atoms with van der Waals surface area (Å²) < 4.78 is 1.98. The second-order valence-corrected chi connectivity index (χ2v) is 6.92. The second kappa shape index (κ2) is 9.27. The molecule has 0 unspecified atom stereocenters. The average Bonchev–Trinajstić information content (AvgIpc) is 3.16. The van der Waals surface area contributed by atoms with Crippen molar-refractivity contribution in [1.29, 1.82) is 0 Å². The van der Waals surface area contributed by atoms with Gasteiger partial charge in [-0.05, 0) is 43.3 Å². The minimum atomic E-state index is -0.0569. The number of nitrogens with one attached hydrogen (secondary N) is 1. The van der Waals surface area contributed by atoms with E-state index in [1.807, 2.05) is 23.6 Å².